The maximum absolute atomic E-state index is 11.9. The van der Waals surface area contributed by atoms with Gasteiger partial charge in [0.05, 0.1) is 24.7 Å². The van der Waals surface area contributed by atoms with Gasteiger partial charge in [-0.15, -0.1) is 11.3 Å². The molecule has 0 fully saturated rings. The molecule has 106 valence electrons. The van der Waals surface area contributed by atoms with Gasteiger partial charge >= 0.3 is 0 Å². The highest BCUT2D eigenvalue weighted by Gasteiger charge is 2.08. The second-order valence-corrected chi connectivity index (χ2v) is 5.72. The van der Waals surface area contributed by atoms with E-state index in [1.165, 1.54) is 17.7 Å². The first-order valence-electron chi connectivity index (χ1n) is 6.49. The fourth-order valence-corrected chi connectivity index (χ4v) is 2.97. The van der Waals surface area contributed by atoms with Crippen molar-refractivity contribution in [3.05, 3.63) is 63.5 Å². The fourth-order valence-electron chi connectivity index (χ4n) is 2.03. The normalized spacial score (nSPS) is 10.7. The van der Waals surface area contributed by atoms with Gasteiger partial charge < -0.3 is 10.3 Å². The highest BCUT2D eigenvalue weighted by atomic mass is 32.1. The molecule has 0 saturated carbocycles. The van der Waals surface area contributed by atoms with Crippen LogP contribution in [0.3, 0.4) is 0 Å². The summed E-state index contributed by atoms with van der Waals surface area (Å²) < 4.78 is 0. The van der Waals surface area contributed by atoms with Gasteiger partial charge in [-0.25, -0.2) is 4.98 Å². The van der Waals surface area contributed by atoms with Gasteiger partial charge in [-0.05, 0) is 11.6 Å². The Labute approximate surface area is 124 Å². The van der Waals surface area contributed by atoms with Gasteiger partial charge in [-0.1, -0.05) is 30.3 Å². The van der Waals surface area contributed by atoms with Gasteiger partial charge in [0.15, 0.2) is 0 Å². The van der Waals surface area contributed by atoms with Crippen molar-refractivity contribution >= 4 is 27.5 Å². The zero-order valence-corrected chi connectivity index (χ0v) is 11.9. The van der Waals surface area contributed by atoms with Crippen molar-refractivity contribution in [3.8, 4) is 0 Å². The number of thiophene rings is 1. The number of rotatable bonds is 4. The van der Waals surface area contributed by atoms with Crippen LogP contribution in [0, 0.1) is 0 Å². The minimum absolute atomic E-state index is 0.0412. The van der Waals surface area contributed by atoms with E-state index >= 15 is 0 Å². The standard InChI is InChI=1S/C15H13N3O2S/c19-13(6-10-4-2-1-3-5-10)16-8-11-7-12-14(20)17-9-18-15(12)21-11/h1-5,7,9H,6,8H2,(H,16,19)(H,17,18,20). The highest BCUT2D eigenvalue weighted by Crippen LogP contribution is 2.20. The summed E-state index contributed by atoms with van der Waals surface area (Å²) in [6.45, 7) is 0.409. The fraction of sp³-hybridized carbons (Fsp3) is 0.133. The summed E-state index contributed by atoms with van der Waals surface area (Å²) in [4.78, 5) is 31.7. The van der Waals surface area contributed by atoms with Crippen molar-refractivity contribution in [2.45, 2.75) is 13.0 Å². The Balaban J connectivity index is 1.65. The van der Waals surface area contributed by atoms with Gasteiger partial charge in [0.25, 0.3) is 5.56 Å². The topological polar surface area (TPSA) is 74.8 Å². The van der Waals surface area contributed by atoms with Gasteiger partial charge in [0.1, 0.15) is 4.83 Å². The number of benzene rings is 1. The Bertz CT molecular complexity index is 824. The van der Waals surface area contributed by atoms with Gasteiger partial charge in [0.2, 0.25) is 5.91 Å². The Morgan fingerprint density at radius 3 is 2.86 bits per heavy atom. The van der Waals surface area contributed by atoms with E-state index in [1.54, 1.807) is 6.07 Å². The first-order chi connectivity index (χ1) is 10.2. The first kappa shape index (κ1) is 13.5. The van der Waals surface area contributed by atoms with E-state index in [4.69, 9.17) is 0 Å². The maximum Gasteiger partial charge on any atom is 0.259 e. The van der Waals surface area contributed by atoms with Crippen molar-refractivity contribution in [2.24, 2.45) is 0 Å². The molecule has 0 atom stereocenters. The number of fused-ring (bicyclic) bond motifs is 1. The molecular weight excluding hydrogens is 286 g/mol. The third kappa shape index (κ3) is 3.17. The molecule has 1 aromatic carbocycles. The van der Waals surface area contributed by atoms with Crippen LogP contribution in [0.15, 0.2) is 47.5 Å². The monoisotopic (exact) mass is 299 g/mol. The number of carbonyl (C=O) groups is 1. The van der Waals surface area contributed by atoms with E-state index in [-0.39, 0.29) is 11.5 Å². The van der Waals surface area contributed by atoms with E-state index in [0.717, 1.165) is 10.4 Å². The third-order valence-electron chi connectivity index (χ3n) is 3.05. The molecule has 0 bridgehead atoms. The molecule has 1 amide bonds. The second-order valence-electron chi connectivity index (χ2n) is 4.60. The summed E-state index contributed by atoms with van der Waals surface area (Å²) in [5, 5.41) is 3.42. The number of aromatic amines is 1. The molecule has 0 spiro atoms. The Morgan fingerprint density at radius 1 is 1.29 bits per heavy atom. The predicted octanol–water partition coefficient (Wildman–Crippen LogP) is 1.84. The van der Waals surface area contributed by atoms with Crippen LogP contribution in [-0.2, 0) is 17.8 Å². The minimum Gasteiger partial charge on any atom is -0.351 e. The molecule has 0 unspecified atom stereocenters. The average molecular weight is 299 g/mol. The molecule has 2 N–H and O–H groups in total. The van der Waals surface area contributed by atoms with Gasteiger partial charge in [-0.2, -0.15) is 0 Å². The number of nitrogens with zero attached hydrogens (tertiary/aromatic N) is 1. The summed E-state index contributed by atoms with van der Waals surface area (Å²) >= 11 is 1.41. The number of H-pyrrole nitrogens is 1. The number of aromatic nitrogens is 2. The lowest BCUT2D eigenvalue weighted by Crippen LogP contribution is -2.24. The minimum atomic E-state index is -0.155. The molecule has 6 heteroatoms. The molecule has 0 radical (unpaired) electrons. The van der Waals surface area contributed by atoms with Crippen molar-refractivity contribution < 1.29 is 4.79 Å². The van der Waals surface area contributed by atoms with Crippen LogP contribution >= 0.6 is 11.3 Å². The third-order valence-corrected chi connectivity index (χ3v) is 4.10. The van der Waals surface area contributed by atoms with Crippen molar-refractivity contribution in [1.82, 2.24) is 15.3 Å². The molecule has 0 saturated heterocycles. The second kappa shape index (κ2) is 5.88. The number of carbonyl (C=O) groups excluding carboxylic acids is 1. The lowest BCUT2D eigenvalue weighted by Gasteiger charge is -2.03. The molecule has 0 aliphatic heterocycles. The van der Waals surface area contributed by atoms with Crippen molar-refractivity contribution in [2.75, 3.05) is 0 Å². The highest BCUT2D eigenvalue weighted by molar-refractivity contribution is 7.18. The lowest BCUT2D eigenvalue weighted by atomic mass is 10.1. The van der Waals surface area contributed by atoms with Crippen LogP contribution in [0.2, 0.25) is 0 Å². The number of hydrogen-bond donors (Lipinski definition) is 2. The van der Waals surface area contributed by atoms with E-state index in [0.29, 0.717) is 23.2 Å². The number of amides is 1. The van der Waals surface area contributed by atoms with Crippen LogP contribution in [0.5, 0.6) is 0 Å². The maximum atomic E-state index is 11.9. The van der Waals surface area contributed by atoms with Crippen molar-refractivity contribution in [1.29, 1.82) is 0 Å². The first-order valence-corrected chi connectivity index (χ1v) is 7.31. The Kier molecular flexibility index (Phi) is 3.79. The quantitative estimate of drug-likeness (QED) is 0.772. The van der Waals surface area contributed by atoms with Gasteiger partial charge in [0, 0.05) is 4.88 Å². The van der Waals surface area contributed by atoms with Crippen LogP contribution < -0.4 is 10.9 Å². The summed E-state index contributed by atoms with van der Waals surface area (Å²) in [5.74, 6) is -0.0412. The van der Waals surface area contributed by atoms with E-state index < -0.39 is 0 Å². The molecule has 0 aliphatic carbocycles. The molecular formula is C15H13N3O2S. The van der Waals surface area contributed by atoms with Crippen LogP contribution in [-0.4, -0.2) is 15.9 Å². The van der Waals surface area contributed by atoms with Crippen LogP contribution in [0.1, 0.15) is 10.4 Å². The smallest absolute Gasteiger partial charge is 0.259 e. The van der Waals surface area contributed by atoms with E-state index in [9.17, 15) is 9.59 Å². The van der Waals surface area contributed by atoms with Crippen molar-refractivity contribution in [3.63, 3.8) is 0 Å². The molecule has 2 heterocycles. The molecule has 3 rings (SSSR count). The Hall–Kier alpha value is -2.47. The summed E-state index contributed by atoms with van der Waals surface area (Å²) in [7, 11) is 0. The average Bonchev–Trinajstić information content (AvgIpc) is 2.91. The zero-order valence-electron chi connectivity index (χ0n) is 11.1. The lowest BCUT2D eigenvalue weighted by molar-refractivity contribution is -0.120. The number of nitrogens with one attached hydrogen (secondary N) is 2. The number of hydrogen-bond acceptors (Lipinski definition) is 4. The van der Waals surface area contributed by atoms with Crippen LogP contribution in [0.4, 0.5) is 0 Å². The molecule has 3 aromatic rings. The SMILES string of the molecule is O=C(Cc1ccccc1)NCc1cc2c(=O)[nH]cnc2s1. The zero-order chi connectivity index (χ0) is 14.7. The largest absolute Gasteiger partial charge is 0.351 e. The van der Waals surface area contributed by atoms with E-state index in [2.05, 4.69) is 15.3 Å². The summed E-state index contributed by atoms with van der Waals surface area (Å²) in [6, 6.07) is 11.3. The molecule has 21 heavy (non-hydrogen) atoms. The molecule has 5 nitrogen and oxygen atoms in total. The Morgan fingerprint density at radius 2 is 2.10 bits per heavy atom. The van der Waals surface area contributed by atoms with Gasteiger partial charge in [-0.3, -0.25) is 9.59 Å². The summed E-state index contributed by atoms with van der Waals surface area (Å²) in [5.41, 5.74) is 0.822. The van der Waals surface area contributed by atoms with Crippen LogP contribution in [0.25, 0.3) is 10.2 Å². The summed E-state index contributed by atoms with van der Waals surface area (Å²) in [6.07, 6.45) is 1.74. The molecule has 2 aromatic heterocycles. The predicted molar refractivity (Wildman–Crippen MR) is 82.2 cm³/mol. The van der Waals surface area contributed by atoms with E-state index in [1.807, 2.05) is 30.3 Å². The molecule has 0 aliphatic rings.